The Bertz CT molecular complexity index is 1260. The smallest absolute Gasteiger partial charge is 0.254 e. The van der Waals surface area contributed by atoms with Gasteiger partial charge >= 0.3 is 0 Å². The van der Waals surface area contributed by atoms with Crippen molar-refractivity contribution in [2.24, 2.45) is 0 Å². The van der Waals surface area contributed by atoms with Crippen molar-refractivity contribution in [1.29, 1.82) is 0 Å². The third-order valence-corrected chi connectivity index (χ3v) is 6.02. The van der Waals surface area contributed by atoms with Crippen LogP contribution in [0.4, 0.5) is 0 Å². The summed E-state index contributed by atoms with van der Waals surface area (Å²) in [5.74, 6) is 1.43. The zero-order chi connectivity index (χ0) is 22.6. The topological polar surface area (TPSA) is 73.1 Å². The molecule has 2 aromatic carbocycles. The zero-order valence-corrected chi connectivity index (χ0v) is 18.5. The van der Waals surface area contributed by atoms with E-state index in [1.807, 2.05) is 70.3 Å². The second kappa shape index (κ2) is 9.24. The lowest BCUT2D eigenvalue weighted by Crippen LogP contribution is -2.32. The van der Waals surface area contributed by atoms with E-state index in [9.17, 15) is 4.79 Å². The van der Waals surface area contributed by atoms with E-state index in [1.165, 1.54) is 0 Å². The van der Waals surface area contributed by atoms with Crippen LogP contribution in [0, 0.1) is 0 Å². The average molecular weight is 440 g/mol. The summed E-state index contributed by atoms with van der Waals surface area (Å²) in [6, 6.07) is 17.3. The van der Waals surface area contributed by atoms with Gasteiger partial charge in [0, 0.05) is 42.8 Å². The molecule has 7 nitrogen and oxygen atoms in total. The Morgan fingerprint density at radius 3 is 2.88 bits per heavy atom. The maximum absolute atomic E-state index is 13.7. The summed E-state index contributed by atoms with van der Waals surface area (Å²) in [6.07, 6.45) is 9.01. The second-order valence-electron chi connectivity index (χ2n) is 8.09. The van der Waals surface area contributed by atoms with Gasteiger partial charge in [-0.2, -0.15) is 0 Å². The van der Waals surface area contributed by atoms with E-state index in [-0.39, 0.29) is 11.9 Å². The average Bonchev–Trinajstić information content (AvgIpc) is 3.57. The van der Waals surface area contributed by atoms with Gasteiger partial charge in [-0.25, -0.2) is 15.0 Å². The molecular formula is C26H25N5O2. The van der Waals surface area contributed by atoms with Crippen LogP contribution in [0.3, 0.4) is 0 Å². The Morgan fingerprint density at radius 1 is 1.12 bits per heavy atom. The molecule has 0 aliphatic carbocycles. The first-order valence-corrected chi connectivity index (χ1v) is 11.0. The quantitative estimate of drug-likeness (QED) is 0.446. The molecule has 1 saturated heterocycles. The van der Waals surface area contributed by atoms with Gasteiger partial charge in [0.1, 0.15) is 5.75 Å². The molecule has 1 atom stereocenters. The van der Waals surface area contributed by atoms with Crippen LogP contribution in [0.2, 0.25) is 0 Å². The molecule has 0 radical (unpaired) electrons. The van der Waals surface area contributed by atoms with Gasteiger partial charge in [0.25, 0.3) is 5.91 Å². The number of carbonyl (C=O) groups excluding carboxylic acids is 1. The molecule has 1 amide bonds. The lowest BCUT2D eigenvalue weighted by atomic mass is 10.0. The number of nitrogens with zero attached hydrogens (tertiary/aromatic N) is 5. The fourth-order valence-corrected chi connectivity index (χ4v) is 4.38. The van der Waals surface area contributed by atoms with Crippen LogP contribution >= 0.6 is 0 Å². The van der Waals surface area contributed by atoms with Crippen molar-refractivity contribution in [3.63, 3.8) is 0 Å². The van der Waals surface area contributed by atoms with E-state index in [1.54, 1.807) is 25.8 Å². The first kappa shape index (κ1) is 20.9. The highest BCUT2D eigenvalue weighted by molar-refractivity contribution is 5.96. The zero-order valence-electron chi connectivity index (χ0n) is 18.5. The van der Waals surface area contributed by atoms with E-state index in [0.29, 0.717) is 18.9 Å². The number of methoxy groups -OCH3 is 1. The van der Waals surface area contributed by atoms with Crippen molar-refractivity contribution in [1.82, 2.24) is 24.4 Å². The fourth-order valence-electron chi connectivity index (χ4n) is 4.38. The van der Waals surface area contributed by atoms with Crippen molar-refractivity contribution < 1.29 is 9.53 Å². The third kappa shape index (κ3) is 4.35. The summed E-state index contributed by atoms with van der Waals surface area (Å²) >= 11 is 0. The number of rotatable bonds is 6. The molecule has 1 fully saturated rings. The number of ether oxygens (including phenoxy) is 1. The van der Waals surface area contributed by atoms with Gasteiger partial charge in [-0.3, -0.25) is 4.79 Å². The number of imidazole rings is 1. The molecule has 2 aromatic heterocycles. The maximum atomic E-state index is 13.7. The van der Waals surface area contributed by atoms with Gasteiger partial charge in [0.05, 0.1) is 25.2 Å². The van der Waals surface area contributed by atoms with Gasteiger partial charge < -0.3 is 14.2 Å². The Kier molecular flexibility index (Phi) is 5.85. The first-order valence-electron chi connectivity index (χ1n) is 11.0. The number of carbonyl (C=O) groups is 1. The van der Waals surface area contributed by atoms with E-state index in [0.717, 1.165) is 41.0 Å². The van der Waals surface area contributed by atoms with Crippen molar-refractivity contribution >= 4 is 5.91 Å². The van der Waals surface area contributed by atoms with Crippen LogP contribution in [-0.4, -0.2) is 44.0 Å². The summed E-state index contributed by atoms with van der Waals surface area (Å²) in [7, 11) is 1.64. The monoisotopic (exact) mass is 439 g/mol. The molecule has 0 saturated carbocycles. The van der Waals surface area contributed by atoms with Crippen molar-refractivity contribution in [2.75, 3.05) is 13.7 Å². The van der Waals surface area contributed by atoms with E-state index in [2.05, 4.69) is 9.97 Å². The van der Waals surface area contributed by atoms with Crippen molar-refractivity contribution in [3.05, 3.63) is 96.3 Å². The molecule has 5 rings (SSSR count). The summed E-state index contributed by atoms with van der Waals surface area (Å²) in [5, 5.41) is 0. The highest BCUT2D eigenvalue weighted by atomic mass is 16.5. The molecular weight excluding hydrogens is 414 g/mol. The molecule has 166 valence electrons. The molecule has 3 heterocycles. The minimum absolute atomic E-state index is 0.0368. The molecule has 0 unspecified atom stereocenters. The largest absolute Gasteiger partial charge is 0.497 e. The van der Waals surface area contributed by atoms with Crippen LogP contribution < -0.4 is 4.74 Å². The summed E-state index contributed by atoms with van der Waals surface area (Å²) in [6.45, 7) is 1.31. The number of amides is 1. The molecule has 7 heteroatoms. The fraction of sp³-hybridized carbons (Fsp3) is 0.231. The predicted molar refractivity (Wildman–Crippen MR) is 125 cm³/mol. The lowest BCUT2D eigenvalue weighted by molar-refractivity contribution is 0.0731. The molecule has 33 heavy (non-hydrogen) atoms. The normalized spacial score (nSPS) is 15.5. The summed E-state index contributed by atoms with van der Waals surface area (Å²) in [5.41, 5.74) is 3.45. The second-order valence-corrected chi connectivity index (χ2v) is 8.09. The number of aromatic nitrogens is 4. The molecule has 0 spiro atoms. The Morgan fingerprint density at radius 2 is 2.03 bits per heavy atom. The third-order valence-electron chi connectivity index (χ3n) is 6.02. The van der Waals surface area contributed by atoms with Gasteiger partial charge in [0.2, 0.25) is 0 Å². The van der Waals surface area contributed by atoms with E-state index in [4.69, 9.17) is 9.72 Å². The first-order chi connectivity index (χ1) is 16.2. The Labute approximate surface area is 192 Å². The van der Waals surface area contributed by atoms with Crippen LogP contribution in [0.1, 0.15) is 40.5 Å². The predicted octanol–water partition coefficient (Wildman–Crippen LogP) is 4.37. The van der Waals surface area contributed by atoms with Crippen LogP contribution in [-0.2, 0) is 6.54 Å². The standard InChI is InChI=1S/C26H25N5O2/c1-33-21-8-4-7-19(16-21)25-28-12-11-23(29-25)24-10-5-14-31(24)26(32)22-9-3-2-6-20(22)17-30-15-13-27-18-30/h2-4,6-9,11-13,15-16,18,24H,5,10,14,17H2,1H3/t24-/m0/s1. The number of hydrogen-bond donors (Lipinski definition) is 0. The van der Waals surface area contributed by atoms with Gasteiger partial charge in [-0.05, 0) is 42.7 Å². The number of likely N-dealkylation sites (tertiary alicyclic amines) is 1. The van der Waals surface area contributed by atoms with Crippen LogP contribution in [0.15, 0.2) is 79.5 Å². The maximum Gasteiger partial charge on any atom is 0.254 e. The Balaban J connectivity index is 1.43. The molecule has 0 N–H and O–H groups in total. The number of hydrogen-bond acceptors (Lipinski definition) is 5. The van der Waals surface area contributed by atoms with Crippen LogP contribution in [0.25, 0.3) is 11.4 Å². The van der Waals surface area contributed by atoms with E-state index < -0.39 is 0 Å². The van der Waals surface area contributed by atoms with E-state index >= 15 is 0 Å². The molecule has 4 aromatic rings. The van der Waals surface area contributed by atoms with Gasteiger partial charge in [0.15, 0.2) is 5.82 Å². The SMILES string of the molecule is COc1cccc(-c2nccc([C@@H]3CCCN3C(=O)c3ccccc3Cn3ccnc3)n2)c1. The number of benzene rings is 2. The van der Waals surface area contributed by atoms with Crippen LogP contribution in [0.5, 0.6) is 5.75 Å². The van der Waals surface area contributed by atoms with Gasteiger partial charge in [-0.1, -0.05) is 30.3 Å². The highest BCUT2D eigenvalue weighted by Gasteiger charge is 2.32. The minimum atomic E-state index is -0.0776. The highest BCUT2D eigenvalue weighted by Crippen LogP contribution is 2.33. The van der Waals surface area contributed by atoms with Crippen molar-refractivity contribution in [2.45, 2.75) is 25.4 Å². The van der Waals surface area contributed by atoms with Gasteiger partial charge in [-0.15, -0.1) is 0 Å². The van der Waals surface area contributed by atoms with Crippen molar-refractivity contribution in [3.8, 4) is 17.1 Å². The summed E-state index contributed by atoms with van der Waals surface area (Å²) in [4.78, 5) is 29.0. The Hall–Kier alpha value is -4.00. The minimum Gasteiger partial charge on any atom is -0.497 e. The molecule has 1 aliphatic heterocycles. The molecule has 1 aliphatic rings. The lowest BCUT2D eigenvalue weighted by Gasteiger charge is -2.25. The molecule has 0 bridgehead atoms. The summed E-state index contributed by atoms with van der Waals surface area (Å²) < 4.78 is 7.31.